The van der Waals surface area contributed by atoms with Crippen molar-refractivity contribution < 1.29 is 13.2 Å². The topological polar surface area (TPSA) is 35.8 Å². The van der Waals surface area contributed by atoms with Gasteiger partial charge in [-0.1, -0.05) is 0 Å². The fourth-order valence-electron chi connectivity index (χ4n) is 0.921. The minimum absolute atomic E-state index is 0.0375. The smallest absolute Gasteiger partial charge is 0.194 e. The summed E-state index contributed by atoms with van der Waals surface area (Å²) in [5.74, 6) is -4.07. The van der Waals surface area contributed by atoms with Crippen LogP contribution in [0.25, 0.3) is 0 Å². The zero-order valence-electron chi connectivity index (χ0n) is 7.31. The Bertz CT molecular complexity index is 361. The van der Waals surface area contributed by atoms with Crippen molar-refractivity contribution in [3.8, 4) is 6.07 Å². The summed E-state index contributed by atoms with van der Waals surface area (Å²) in [6, 6.07) is 2.82. The van der Waals surface area contributed by atoms with Crippen LogP contribution in [-0.4, -0.2) is 6.04 Å². The predicted molar refractivity (Wildman–Crippen MR) is 45.0 cm³/mol. The predicted octanol–water partition coefficient (Wildman–Crippen LogP) is 2.43. The summed E-state index contributed by atoms with van der Waals surface area (Å²) in [5.41, 5.74) is 0.0375. The van der Waals surface area contributed by atoms with Crippen LogP contribution in [-0.2, 0) is 0 Å². The lowest BCUT2D eigenvalue weighted by molar-refractivity contribution is 0.447. The molecule has 5 heteroatoms. The molecule has 0 bridgehead atoms. The molecular weight excluding hydrogens is 193 g/mol. The molecule has 0 saturated carbocycles. The molecule has 0 fully saturated rings. The molecule has 1 atom stereocenters. The van der Waals surface area contributed by atoms with E-state index in [1.54, 1.807) is 0 Å². The number of benzene rings is 1. The largest absolute Gasteiger partial charge is 0.370 e. The number of nitriles is 1. The lowest BCUT2D eigenvalue weighted by Gasteiger charge is -2.08. The first-order chi connectivity index (χ1) is 6.54. The second-order valence-electron chi connectivity index (χ2n) is 2.75. The second-order valence-corrected chi connectivity index (χ2v) is 2.75. The molecule has 1 unspecified atom stereocenters. The molecule has 0 aliphatic heterocycles. The standard InChI is InChI=1S/C9H7F3N2/c1-5(4-13)14-6-2-7(10)9(12)8(11)3-6/h2-3,5,14H,1H3. The Morgan fingerprint density at radius 2 is 1.79 bits per heavy atom. The van der Waals surface area contributed by atoms with Crippen molar-refractivity contribution in [1.82, 2.24) is 0 Å². The first-order valence-electron chi connectivity index (χ1n) is 3.85. The fraction of sp³-hybridized carbons (Fsp3) is 0.222. The van der Waals surface area contributed by atoms with Gasteiger partial charge >= 0.3 is 0 Å². The summed E-state index contributed by atoms with van der Waals surface area (Å²) in [4.78, 5) is 0. The van der Waals surface area contributed by atoms with E-state index >= 15 is 0 Å². The van der Waals surface area contributed by atoms with Gasteiger partial charge in [0.2, 0.25) is 0 Å². The summed E-state index contributed by atoms with van der Waals surface area (Å²) in [7, 11) is 0. The molecule has 0 radical (unpaired) electrons. The van der Waals surface area contributed by atoms with Crippen molar-refractivity contribution in [2.45, 2.75) is 13.0 Å². The van der Waals surface area contributed by atoms with Crippen molar-refractivity contribution in [3.63, 3.8) is 0 Å². The van der Waals surface area contributed by atoms with Gasteiger partial charge in [-0.05, 0) is 6.92 Å². The zero-order valence-corrected chi connectivity index (χ0v) is 7.31. The normalized spacial score (nSPS) is 11.9. The Hall–Kier alpha value is -1.70. The van der Waals surface area contributed by atoms with Gasteiger partial charge in [0.25, 0.3) is 0 Å². The average Bonchev–Trinajstić information content (AvgIpc) is 2.14. The van der Waals surface area contributed by atoms with E-state index in [0.29, 0.717) is 0 Å². The lowest BCUT2D eigenvalue weighted by Crippen LogP contribution is -2.12. The molecule has 1 N–H and O–H groups in total. The molecule has 14 heavy (non-hydrogen) atoms. The molecule has 1 aromatic carbocycles. The second kappa shape index (κ2) is 4.01. The molecule has 0 heterocycles. The Morgan fingerprint density at radius 3 is 2.21 bits per heavy atom. The fourth-order valence-corrected chi connectivity index (χ4v) is 0.921. The minimum Gasteiger partial charge on any atom is -0.370 e. The van der Waals surface area contributed by atoms with Crippen LogP contribution in [0.15, 0.2) is 12.1 Å². The Balaban J connectivity index is 2.97. The molecule has 0 aromatic heterocycles. The molecule has 0 aliphatic rings. The van der Waals surface area contributed by atoms with E-state index in [2.05, 4.69) is 5.32 Å². The van der Waals surface area contributed by atoms with Gasteiger partial charge in [0.05, 0.1) is 6.07 Å². The summed E-state index contributed by atoms with van der Waals surface area (Å²) in [6.07, 6.45) is 0. The molecule has 0 saturated heterocycles. The highest BCUT2D eigenvalue weighted by Gasteiger charge is 2.11. The van der Waals surface area contributed by atoms with Gasteiger partial charge in [-0.15, -0.1) is 0 Å². The highest BCUT2D eigenvalue weighted by molar-refractivity contribution is 5.45. The van der Waals surface area contributed by atoms with Crippen molar-refractivity contribution >= 4 is 5.69 Å². The number of nitrogens with zero attached hydrogens (tertiary/aromatic N) is 1. The van der Waals surface area contributed by atoms with Crippen molar-refractivity contribution in [2.75, 3.05) is 5.32 Å². The van der Waals surface area contributed by atoms with Crippen LogP contribution >= 0.6 is 0 Å². The van der Waals surface area contributed by atoms with E-state index in [9.17, 15) is 13.2 Å². The van der Waals surface area contributed by atoms with Crippen LogP contribution in [0.4, 0.5) is 18.9 Å². The quantitative estimate of drug-likeness (QED) is 0.744. The zero-order chi connectivity index (χ0) is 10.7. The van der Waals surface area contributed by atoms with Crippen molar-refractivity contribution in [3.05, 3.63) is 29.6 Å². The van der Waals surface area contributed by atoms with Crippen LogP contribution in [0, 0.1) is 28.8 Å². The number of hydrogen-bond acceptors (Lipinski definition) is 2. The number of anilines is 1. The number of rotatable bonds is 2. The summed E-state index contributed by atoms with van der Waals surface area (Å²) >= 11 is 0. The molecule has 1 aromatic rings. The molecular formula is C9H7F3N2. The van der Waals surface area contributed by atoms with Gasteiger partial charge in [-0.3, -0.25) is 0 Å². The van der Waals surface area contributed by atoms with E-state index in [1.165, 1.54) is 6.92 Å². The summed E-state index contributed by atoms with van der Waals surface area (Å²) in [6.45, 7) is 1.51. The van der Waals surface area contributed by atoms with Gasteiger partial charge in [-0.2, -0.15) is 5.26 Å². The summed E-state index contributed by atoms with van der Waals surface area (Å²) < 4.78 is 37.8. The molecule has 0 aliphatic carbocycles. The number of halogens is 3. The van der Waals surface area contributed by atoms with Gasteiger partial charge in [0.1, 0.15) is 6.04 Å². The molecule has 0 amide bonds. The van der Waals surface area contributed by atoms with Gasteiger partial charge in [0.15, 0.2) is 17.5 Å². The molecule has 1 rings (SSSR count). The van der Waals surface area contributed by atoms with Crippen molar-refractivity contribution in [1.29, 1.82) is 5.26 Å². The van der Waals surface area contributed by atoms with E-state index in [1.807, 2.05) is 6.07 Å². The van der Waals surface area contributed by atoms with E-state index in [-0.39, 0.29) is 5.69 Å². The van der Waals surface area contributed by atoms with E-state index < -0.39 is 23.5 Å². The molecule has 0 spiro atoms. The van der Waals surface area contributed by atoms with Gasteiger partial charge < -0.3 is 5.32 Å². The number of nitrogens with one attached hydrogen (secondary N) is 1. The molecule has 2 nitrogen and oxygen atoms in total. The maximum atomic E-state index is 12.7. The van der Waals surface area contributed by atoms with Crippen LogP contribution < -0.4 is 5.32 Å². The highest BCUT2D eigenvalue weighted by atomic mass is 19.2. The minimum atomic E-state index is -1.51. The third kappa shape index (κ3) is 2.16. The Morgan fingerprint density at radius 1 is 1.29 bits per heavy atom. The first-order valence-corrected chi connectivity index (χ1v) is 3.85. The van der Waals surface area contributed by atoms with Gasteiger partial charge in [-0.25, -0.2) is 13.2 Å². The van der Waals surface area contributed by atoms with E-state index in [4.69, 9.17) is 5.26 Å². The van der Waals surface area contributed by atoms with E-state index in [0.717, 1.165) is 12.1 Å². The first kappa shape index (κ1) is 10.4. The number of hydrogen-bond donors (Lipinski definition) is 1. The third-order valence-corrected chi connectivity index (χ3v) is 1.56. The van der Waals surface area contributed by atoms with Crippen LogP contribution in [0.5, 0.6) is 0 Å². The summed E-state index contributed by atoms with van der Waals surface area (Å²) in [5, 5.41) is 10.9. The third-order valence-electron chi connectivity index (χ3n) is 1.56. The van der Waals surface area contributed by atoms with Crippen molar-refractivity contribution in [2.24, 2.45) is 0 Å². The SMILES string of the molecule is CC(C#N)Nc1cc(F)c(F)c(F)c1. The highest BCUT2D eigenvalue weighted by Crippen LogP contribution is 2.17. The maximum Gasteiger partial charge on any atom is 0.194 e. The maximum absolute atomic E-state index is 12.7. The van der Waals surface area contributed by atoms with Gasteiger partial charge in [0, 0.05) is 17.8 Å². The molecule has 74 valence electrons. The van der Waals surface area contributed by atoms with Crippen LogP contribution in [0.2, 0.25) is 0 Å². The lowest BCUT2D eigenvalue weighted by atomic mass is 10.2. The van der Waals surface area contributed by atoms with Crippen LogP contribution in [0.3, 0.4) is 0 Å². The Kier molecular flexibility index (Phi) is 2.97. The average molecular weight is 200 g/mol. The van der Waals surface area contributed by atoms with Crippen LogP contribution in [0.1, 0.15) is 6.92 Å². The Labute approximate surface area is 79.0 Å². The monoisotopic (exact) mass is 200 g/mol.